The Morgan fingerprint density at radius 3 is 2.95 bits per heavy atom. The zero-order chi connectivity index (χ0) is 14.2. The van der Waals surface area contributed by atoms with Crippen LogP contribution in [0.2, 0.25) is 0 Å². The van der Waals surface area contributed by atoms with Gasteiger partial charge in [0.25, 0.3) is 0 Å². The van der Waals surface area contributed by atoms with Gasteiger partial charge in [-0.15, -0.1) is 0 Å². The van der Waals surface area contributed by atoms with E-state index in [9.17, 15) is 4.79 Å². The maximum absolute atomic E-state index is 11.5. The molecule has 2 heterocycles. The molecule has 0 radical (unpaired) electrons. The molecule has 1 fully saturated rings. The average molecular weight is 276 g/mol. The van der Waals surface area contributed by atoms with E-state index in [1.165, 1.54) is 30.1 Å². The van der Waals surface area contributed by atoms with E-state index < -0.39 is 0 Å². The van der Waals surface area contributed by atoms with Gasteiger partial charge in [0.05, 0.1) is 0 Å². The van der Waals surface area contributed by atoms with Crippen molar-refractivity contribution < 1.29 is 0 Å². The van der Waals surface area contributed by atoms with E-state index in [0.29, 0.717) is 18.0 Å². The van der Waals surface area contributed by atoms with E-state index in [-0.39, 0.29) is 11.1 Å². The van der Waals surface area contributed by atoms with E-state index in [1.807, 2.05) is 0 Å². The summed E-state index contributed by atoms with van der Waals surface area (Å²) in [6.45, 7) is 3.31. The molecule has 7 nitrogen and oxygen atoms in total. The highest BCUT2D eigenvalue weighted by molar-refractivity contribution is 5.49. The predicted octanol–water partition coefficient (Wildman–Crippen LogP) is 0.657. The van der Waals surface area contributed by atoms with Crippen LogP contribution in [0.3, 0.4) is 0 Å². The monoisotopic (exact) mass is 276 g/mol. The summed E-state index contributed by atoms with van der Waals surface area (Å²) in [4.78, 5) is 16.0. The third-order valence-electron chi connectivity index (χ3n) is 4.31. The van der Waals surface area contributed by atoms with Crippen molar-refractivity contribution in [1.82, 2.24) is 19.6 Å². The highest BCUT2D eigenvalue weighted by Crippen LogP contribution is 2.37. The largest absolute Gasteiger partial charge is 0.369 e. The molecule has 20 heavy (non-hydrogen) atoms. The molecule has 108 valence electrons. The quantitative estimate of drug-likeness (QED) is 0.761. The van der Waals surface area contributed by atoms with Gasteiger partial charge >= 0.3 is 5.69 Å². The lowest BCUT2D eigenvalue weighted by molar-refractivity contribution is 0.332. The number of aromatic nitrogens is 4. The molecule has 2 aromatic heterocycles. The fourth-order valence-corrected chi connectivity index (χ4v) is 3.04. The molecule has 0 spiro atoms. The molecule has 0 atom stereocenters. The van der Waals surface area contributed by atoms with Gasteiger partial charge in [-0.3, -0.25) is 0 Å². The minimum absolute atomic E-state index is 0.187. The fraction of sp³-hybridized carbons (Fsp3) is 0.615. The van der Waals surface area contributed by atoms with Crippen LogP contribution in [0.1, 0.15) is 31.5 Å². The molecule has 0 aromatic carbocycles. The summed E-state index contributed by atoms with van der Waals surface area (Å²) < 4.78 is 1.46. The molecule has 3 rings (SSSR count). The van der Waals surface area contributed by atoms with Gasteiger partial charge in [-0.25, -0.2) is 19.3 Å². The van der Waals surface area contributed by atoms with Gasteiger partial charge in [0, 0.05) is 12.6 Å². The van der Waals surface area contributed by atoms with Crippen molar-refractivity contribution in [3.63, 3.8) is 0 Å². The molecule has 1 saturated carbocycles. The SMILES string of the molecule is Cc1nc(NCC2(CN)CCCC2)cc2n[nH]c(=O)n12. The van der Waals surface area contributed by atoms with Crippen molar-refractivity contribution >= 4 is 11.5 Å². The van der Waals surface area contributed by atoms with Gasteiger partial charge in [0.15, 0.2) is 5.65 Å². The number of fused-ring (bicyclic) bond motifs is 1. The third-order valence-corrected chi connectivity index (χ3v) is 4.31. The number of aromatic amines is 1. The van der Waals surface area contributed by atoms with Crippen molar-refractivity contribution in [2.45, 2.75) is 32.6 Å². The van der Waals surface area contributed by atoms with Crippen LogP contribution in [-0.2, 0) is 0 Å². The van der Waals surface area contributed by atoms with Gasteiger partial charge in [-0.1, -0.05) is 12.8 Å². The second-order valence-electron chi connectivity index (χ2n) is 5.68. The molecule has 2 aromatic rings. The number of nitrogens with two attached hydrogens (primary N) is 1. The Hall–Kier alpha value is -1.89. The second-order valence-corrected chi connectivity index (χ2v) is 5.68. The molecule has 7 heteroatoms. The maximum Gasteiger partial charge on any atom is 0.349 e. The molecular weight excluding hydrogens is 256 g/mol. The highest BCUT2D eigenvalue weighted by atomic mass is 16.1. The minimum Gasteiger partial charge on any atom is -0.369 e. The first-order valence-electron chi connectivity index (χ1n) is 7.02. The van der Waals surface area contributed by atoms with E-state index >= 15 is 0 Å². The molecule has 0 amide bonds. The molecule has 1 aliphatic carbocycles. The van der Waals surface area contributed by atoms with E-state index in [0.717, 1.165) is 12.4 Å². The summed E-state index contributed by atoms with van der Waals surface area (Å²) in [7, 11) is 0. The van der Waals surface area contributed by atoms with Crippen LogP contribution < -0.4 is 16.7 Å². The summed E-state index contributed by atoms with van der Waals surface area (Å²) in [6.07, 6.45) is 4.83. The lowest BCUT2D eigenvalue weighted by Gasteiger charge is -2.27. The first-order valence-corrected chi connectivity index (χ1v) is 7.02. The van der Waals surface area contributed by atoms with Gasteiger partial charge in [-0.05, 0) is 31.7 Å². The van der Waals surface area contributed by atoms with Crippen molar-refractivity contribution in [3.05, 3.63) is 22.4 Å². The van der Waals surface area contributed by atoms with Gasteiger partial charge < -0.3 is 11.1 Å². The van der Waals surface area contributed by atoms with Crippen LogP contribution in [0.5, 0.6) is 0 Å². The molecule has 0 saturated heterocycles. The second kappa shape index (κ2) is 4.90. The first-order chi connectivity index (χ1) is 9.63. The molecular formula is C13H20N6O. The standard InChI is InChI=1S/C13H20N6O/c1-9-16-10(6-11-17-18-12(20)19(9)11)15-8-13(7-14)4-2-3-5-13/h6,15H,2-5,7-8,14H2,1H3,(H,18,20). The zero-order valence-electron chi connectivity index (χ0n) is 11.6. The number of hydrogen-bond acceptors (Lipinski definition) is 5. The van der Waals surface area contributed by atoms with E-state index in [2.05, 4.69) is 20.5 Å². The van der Waals surface area contributed by atoms with Crippen molar-refractivity contribution in [1.29, 1.82) is 0 Å². The summed E-state index contributed by atoms with van der Waals surface area (Å²) in [5.74, 6) is 1.37. The van der Waals surface area contributed by atoms with Crippen LogP contribution in [-0.4, -0.2) is 32.7 Å². The topological polar surface area (TPSA) is 101 Å². The van der Waals surface area contributed by atoms with Crippen LogP contribution >= 0.6 is 0 Å². The average Bonchev–Trinajstić information content (AvgIpc) is 3.05. The van der Waals surface area contributed by atoms with Gasteiger partial charge in [0.1, 0.15) is 11.6 Å². The minimum atomic E-state index is -0.259. The van der Waals surface area contributed by atoms with Crippen molar-refractivity contribution in [2.75, 3.05) is 18.4 Å². The Labute approximate surface area is 116 Å². The number of anilines is 1. The molecule has 1 aliphatic rings. The summed E-state index contributed by atoms with van der Waals surface area (Å²) in [5.41, 5.74) is 6.44. The summed E-state index contributed by atoms with van der Waals surface area (Å²) >= 11 is 0. The number of nitrogens with one attached hydrogen (secondary N) is 2. The van der Waals surface area contributed by atoms with Crippen LogP contribution in [0.4, 0.5) is 5.82 Å². The van der Waals surface area contributed by atoms with Crippen LogP contribution in [0.25, 0.3) is 5.65 Å². The Morgan fingerprint density at radius 2 is 2.25 bits per heavy atom. The lowest BCUT2D eigenvalue weighted by atomic mass is 9.86. The Bertz CT molecular complexity index is 667. The summed E-state index contributed by atoms with van der Waals surface area (Å²) in [5, 5.41) is 9.77. The van der Waals surface area contributed by atoms with Crippen molar-refractivity contribution in [3.8, 4) is 0 Å². The Morgan fingerprint density at radius 1 is 1.50 bits per heavy atom. The Kier molecular flexibility index (Phi) is 3.21. The molecule has 0 bridgehead atoms. The summed E-state index contributed by atoms with van der Waals surface area (Å²) in [6, 6.07) is 1.78. The molecule has 0 unspecified atom stereocenters. The number of hydrogen-bond donors (Lipinski definition) is 3. The van der Waals surface area contributed by atoms with Crippen LogP contribution in [0, 0.1) is 12.3 Å². The van der Waals surface area contributed by atoms with Gasteiger partial charge in [-0.2, -0.15) is 5.10 Å². The normalized spacial score (nSPS) is 17.7. The smallest absolute Gasteiger partial charge is 0.349 e. The zero-order valence-corrected chi connectivity index (χ0v) is 11.6. The van der Waals surface area contributed by atoms with Gasteiger partial charge in [0.2, 0.25) is 0 Å². The Balaban J connectivity index is 1.82. The van der Waals surface area contributed by atoms with E-state index in [4.69, 9.17) is 5.73 Å². The molecule has 0 aliphatic heterocycles. The van der Waals surface area contributed by atoms with Crippen LogP contribution in [0.15, 0.2) is 10.9 Å². The third kappa shape index (κ3) is 2.18. The number of rotatable bonds is 4. The number of H-pyrrole nitrogens is 1. The lowest BCUT2D eigenvalue weighted by Crippen LogP contribution is -2.34. The first kappa shape index (κ1) is 13.1. The number of aryl methyl sites for hydroxylation is 1. The van der Waals surface area contributed by atoms with Crippen molar-refractivity contribution in [2.24, 2.45) is 11.1 Å². The maximum atomic E-state index is 11.5. The van der Waals surface area contributed by atoms with E-state index in [1.54, 1.807) is 13.0 Å². The number of nitrogens with zero attached hydrogens (tertiary/aromatic N) is 3. The molecule has 4 N–H and O–H groups in total. The highest BCUT2D eigenvalue weighted by Gasteiger charge is 2.32. The predicted molar refractivity (Wildman–Crippen MR) is 76.8 cm³/mol. The fourth-order valence-electron chi connectivity index (χ4n) is 3.04.